The number of aryl methyl sites for hydroxylation is 1. The Morgan fingerprint density at radius 1 is 1.57 bits per heavy atom. The van der Waals surface area contributed by atoms with Gasteiger partial charge in [-0.25, -0.2) is 4.98 Å². The summed E-state index contributed by atoms with van der Waals surface area (Å²) in [5.41, 5.74) is 2.07. The minimum absolute atomic E-state index is 0.0744. The van der Waals surface area contributed by atoms with Crippen molar-refractivity contribution >= 4 is 17.7 Å². The summed E-state index contributed by atoms with van der Waals surface area (Å²) >= 11 is 1.13. The third kappa shape index (κ3) is 3.17. The van der Waals surface area contributed by atoms with Crippen LogP contribution in [0.3, 0.4) is 0 Å². The number of nitriles is 1. The van der Waals surface area contributed by atoms with Crippen molar-refractivity contribution in [2.24, 2.45) is 0 Å². The fraction of sp³-hybridized carbons (Fsp3) is 0.214. The molecule has 0 amide bonds. The average molecular weight is 303 g/mol. The van der Waals surface area contributed by atoms with E-state index in [9.17, 15) is 4.79 Å². The molecule has 1 aromatic carbocycles. The minimum atomic E-state index is -0.904. The lowest BCUT2D eigenvalue weighted by atomic mass is 10.2. The predicted molar refractivity (Wildman–Crippen MR) is 77.9 cm³/mol. The van der Waals surface area contributed by atoms with Gasteiger partial charge in [-0.1, -0.05) is 11.8 Å². The van der Waals surface area contributed by atoms with Crippen molar-refractivity contribution in [1.82, 2.24) is 9.55 Å². The Kier molecular flexibility index (Phi) is 4.50. The van der Waals surface area contributed by atoms with Crippen molar-refractivity contribution in [3.05, 3.63) is 35.7 Å². The SMILES string of the molecule is COc1cc(C#N)ccc1-n1c(C)cnc1SCC(=O)O. The van der Waals surface area contributed by atoms with Crippen molar-refractivity contribution in [2.75, 3.05) is 12.9 Å². The van der Waals surface area contributed by atoms with Crippen LogP contribution in [0.2, 0.25) is 0 Å². The Bertz CT molecular complexity index is 719. The van der Waals surface area contributed by atoms with E-state index in [0.29, 0.717) is 16.5 Å². The molecule has 0 fully saturated rings. The van der Waals surface area contributed by atoms with Crippen molar-refractivity contribution in [3.63, 3.8) is 0 Å². The molecule has 6 nitrogen and oxygen atoms in total. The average Bonchev–Trinajstić information content (AvgIpc) is 2.85. The minimum Gasteiger partial charge on any atom is -0.495 e. The van der Waals surface area contributed by atoms with Gasteiger partial charge in [0.1, 0.15) is 5.75 Å². The molecule has 7 heteroatoms. The third-order valence-electron chi connectivity index (χ3n) is 2.78. The lowest BCUT2D eigenvalue weighted by molar-refractivity contribution is -0.133. The molecule has 0 aliphatic rings. The summed E-state index contributed by atoms with van der Waals surface area (Å²) < 4.78 is 7.14. The number of carbonyl (C=O) groups is 1. The molecular formula is C14H13N3O3S. The zero-order valence-corrected chi connectivity index (χ0v) is 12.3. The monoisotopic (exact) mass is 303 g/mol. The van der Waals surface area contributed by atoms with Gasteiger partial charge in [0, 0.05) is 18.0 Å². The van der Waals surface area contributed by atoms with E-state index >= 15 is 0 Å². The Labute approximate surface area is 126 Å². The van der Waals surface area contributed by atoms with Crippen LogP contribution in [-0.2, 0) is 4.79 Å². The highest BCUT2D eigenvalue weighted by Gasteiger charge is 2.15. The Morgan fingerprint density at radius 3 is 2.95 bits per heavy atom. The topological polar surface area (TPSA) is 88.1 Å². The first-order valence-corrected chi connectivity index (χ1v) is 7.02. The number of benzene rings is 1. The first-order chi connectivity index (χ1) is 10.1. The number of rotatable bonds is 5. The zero-order valence-electron chi connectivity index (χ0n) is 11.5. The quantitative estimate of drug-likeness (QED) is 0.852. The van der Waals surface area contributed by atoms with E-state index in [2.05, 4.69) is 11.1 Å². The van der Waals surface area contributed by atoms with Crippen LogP contribution in [0.25, 0.3) is 5.69 Å². The number of ether oxygens (including phenoxy) is 1. The van der Waals surface area contributed by atoms with Crippen LogP contribution in [0.5, 0.6) is 5.75 Å². The van der Waals surface area contributed by atoms with Gasteiger partial charge in [-0.2, -0.15) is 5.26 Å². The maximum absolute atomic E-state index is 10.7. The molecule has 0 unspecified atom stereocenters. The number of aromatic nitrogens is 2. The van der Waals surface area contributed by atoms with Crippen molar-refractivity contribution in [3.8, 4) is 17.5 Å². The van der Waals surface area contributed by atoms with E-state index in [0.717, 1.165) is 23.1 Å². The summed E-state index contributed by atoms with van der Waals surface area (Å²) in [5.74, 6) is -0.444. The number of aliphatic carboxylic acids is 1. The number of imidazole rings is 1. The van der Waals surface area contributed by atoms with Crippen molar-refractivity contribution in [1.29, 1.82) is 5.26 Å². The second-order valence-corrected chi connectivity index (χ2v) is 5.14. The molecule has 0 saturated carbocycles. The highest BCUT2D eigenvalue weighted by Crippen LogP contribution is 2.30. The normalized spacial score (nSPS) is 10.1. The van der Waals surface area contributed by atoms with Crippen LogP contribution < -0.4 is 4.74 Å². The van der Waals surface area contributed by atoms with Crippen LogP contribution in [0.15, 0.2) is 29.6 Å². The highest BCUT2D eigenvalue weighted by molar-refractivity contribution is 7.99. The molecule has 0 spiro atoms. The van der Waals surface area contributed by atoms with Crippen LogP contribution >= 0.6 is 11.8 Å². The van der Waals surface area contributed by atoms with Gasteiger partial charge in [0.05, 0.1) is 30.2 Å². The van der Waals surface area contributed by atoms with Gasteiger partial charge in [-0.05, 0) is 19.1 Å². The lowest BCUT2D eigenvalue weighted by Crippen LogP contribution is -2.04. The van der Waals surface area contributed by atoms with Gasteiger partial charge < -0.3 is 9.84 Å². The summed E-state index contributed by atoms with van der Waals surface area (Å²) in [6.07, 6.45) is 1.67. The molecule has 0 saturated heterocycles. The summed E-state index contributed by atoms with van der Waals surface area (Å²) in [7, 11) is 1.52. The Hall–Kier alpha value is -2.46. The van der Waals surface area contributed by atoms with Crippen LogP contribution in [0, 0.1) is 18.3 Å². The molecule has 1 N–H and O–H groups in total. The largest absolute Gasteiger partial charge is 0.495 e. The van der Waals surface area contributed by atoms with Gasteiger partial charge in [0.25, 0.3) is 0 Å². The smallest absolute Gasteiger partial charge is 0.313 e. The number of carboxylic acid groups (broad SMARTS) is 1. The molecule has 2 rings (SSSR count). The number of hydrogen-bond acceptors (Lipinski definition) is 5. The second kappa shape index (κ2) is 6.33. The molecule has 0 aliphatic heterocycles. The van der Waals surface area contributed by atoms with Crippen LogP contribution in [0.1, 0.15) is 11.3 Å². The van der Waals surface area contributed by atoms with E-state index in [1.807, 2.05) is 11.5 Å². The Morgan fingerprint density at radius 2 is 2.33 bits per heavy atom. The maximum atomic E-state index is 10.7. The molecule has 0 bridgehead atoms. The summed E-state index contributed by atoms with van der Waals surface area (Å²) in [6.45, 7) is 1.87. The van der Waals surface area contributed by atoms with E-state index in [1.165, 1.54) is 7.11 Å². The molecule has 108 valence electrons. The summed E-state index contributed by atoms with van der Waals surface area (Å²) in [5, 5.41) is 18.3. The van der Waals surface area contributed by atoms with E-state index in [4.69, 9.17) is 15.1 Å². The molecule has 0 atom stereocenters. The number of hydrogen-bond donors (Lipinski definition) is 1. The fourth-order valence-corrected chi connectivity index (χ4v) is 2.62. The molecule has 0 radical (unpaired) electrons. The maximum Gasteiger partial charge on any atom is 0.313 e. The Balaban J connectivity index is 2.49. The molecule has 1 aromatic heterocycles. The standard InChI is InChI=1S/C14H13N3O3S/c1-9-7-16-14(21-8-13(18)19)17(9)11-4-3-10(6-15)5-12(11)20-2/h3-5,7H,8H2,1-2H3,(H,18,19). The van der Waals surface area contributed by atoms with Gasteiger partial charge in [0.15, 0.2) is 5.16 Å². The van der Waals surface area contributed by atoms with Gasteiger partial charge in [0.2, 0.25) is 0 Å². The fourth-order valence-electron chi connectivity index (χ4n) is 1.87. The second-order valence-electron chi connectivity index (χ2n) is 4.20. The van der Waals surface area contributed by atoms with E-state index in [-0.39, 0.29) is 5.75 Å². The van der Waals surface area contributed by atoms with Crippen LogP contribution in [0.4, 0.5) is 0 Å². The van der Waals surface area contributed by atoms with E-state index in [1.54, 1.807) is 24.4 Å². The highest BCUT2D eigenvalue weighted by atomic mass is 32.2. The zero-order chi connectivity index (χ0) is 15.4. The number of thioether (sulfide) groups is 1. The molecule has 0 aliphatic carbocycles. The molecule has 21 heavy (non-hydrogen) atoms. The molecule has 1 heterocycles. The van der Waals surface area contributed by atoms with Crippen molar-refractivity contribution in [2.45, 2.75) is 12.1 Å². The van der Waals surface area contributed by atoms with Gasteiger partial charge >= 0.3 is 5.97 Å². The van der Waals surface area contributed by atoms with Crippen molar-refractivity contribution < 1.29 is 14.6 Å². The number of methoxy groups -OCH3 is 1. The predicted octanol–water partition coefficient (Wildman–Crippen LogP) is 2.24. The summed E-state index contributed by atoms with van der Waals surface area (Å²) in [4.78, 5) is 14.9. The van der Waals surface area contributed by atoms with Crippen LogP contribution in [-0.4, -0.2) is 33.5 Å². The summed E-state index contributed by atoms with van der Waals surface area (Å²) in [6, 6.07) is 7.14. The van der Waals surface area contributed by atoms with Gasteiger partial charge in [-0.15, -0.1) is 0 Å². The van der Waals surface area contributed by atoms with Gasteiger partial charge in [-0.3, -0.25) is 9.36 Å². The lowest BCUT2D eigenvalue weighted by Gasteiger charge is -2.13. The first kappa shape index (κ1) is 14.9. The first-order valence-electron chi connectivity index (χ1n) is 6.04. The molecular weight excluding hydrogens is 290 g/mol. The molecule has 2 aromatic rings. The number of nitrogens with zero attached hydrogens (tertiary/aromatic N) is 3. The third-order valence-corrected chi connectivity index (χ3v) is 3.72. The number of carboxylic acids is 1. The van der Waals surface area contributed by atoms with E-state index < -0.39 is 5.97 Å².